The van der Waals surface area contributed by atoms with Gasteiger partial charge in [0.1, 0.15) is 13.2 Å². The van der Waals surface area contributed by atoms with Gasteiger partial charge in [-0.3, -0.25) is 9.59 Å². The first-order valence-corrected chi connectivity index (χ1v) is 40.4. The second-order valence-electron chi connectivity index (χ2n) is 28.3. The van der Waals surface area contributed by atoms with Crippen LogP contribution >= 0.6 is 0 Å². The number of carboxylic acid groups (broad SMARTS) is 1. The largest absolute Gasteiger partial charge is 0.545 e. The van der Waals surface area contributed by atoms with Gasteiger partial charge in [0.05, 0.1) is 40.3 Å². The van der Waals surface area contributed by atoms with Gasteiger partial charge < -0.3 is 33.3 Å². The molecule has 0 saturated carbocycles. The topological polar surface area (TPSA) is 111 Å². The summed E-state index contributed by atoms with van der Waals surface area (Å²) in [6.45, 7) is 4.67. The monoisotopic (exact) mass is 1330 g/mol. The van der Waals surface area contributed by atoms with Crippen LogP contribution in [0, 0.1) is 0 Å². The fraction of sp³-hybridized carbons (Fsp3) is 0.779. The van der Waals surface area contributed by atoms with E-state index >= 15 is 0 Å². The molecule has 0 fully saturated rings. The van der Waals surface area contributed by atoms with Crippen LogP contribution in [0.5, 0.6) is 0 Å². The summed E-state index contributed by atoms with van der Waals surface area (Å²) in [5.41, 5.74) is 0. The molecule has 0 heterocycles. The maximum atomic E-state index is 13.0. The number of hydrogen-bond donors (Lipinski definition) is 0. The summed E-state index contributed by atoms with van der Waals surface area (Å²) in [7, 11) is 5.94. The summed E-state index contributed by atoms with van der Waals surface area (Å²) in [6.07, 6.45) is 102. The van der Waals surface area contributed by atoms with Crippen LogP contribution in [0.3, 0.4) is 0 Å². The van der Waals surface area contributed by atoms with Gasteiger partial charge in [-0.05, 0) is 96.3 Å². The summed E-state index contributed by atoms with van der Waals surface area (Å²) in [5.74, 6) is -2.26. The Morgan fingerprint density at radius 1 is 0.326 bits per heavy atom. The Bertz CT molecular complexity index is 1890. The number of carbonyl (C=O) groups excluding carboxylic acids is 3. The summed E-state index contributed by atoms with van der Waals surface area (Å²) >= 11 is 0. The SMILES string of the molecule is CC/C=C\C/C=C\C/C=C\C/C=C\C/C=C\C/C=C\CCCCCCCCCCCCCCCCC(=O)OC(COC(=O)CCCCCCCCCCCCCCCCCCCCCCCCCCC/C=C\C/C=C\CCCCCCC)COC(OCC[N+](C)(C)C)C(=O)[O-]. The van der Waals surface area contributed by atoms with E-state index in [-0.39, 0.29) is 32.2 Å². The van der Waals surface area contributed by atoms with E-state index in [2.05, 4.69) is 111 Å². The molecule has 550 valence electrons. The molecule has 2 atom stereocenters. The van der Waals surface area contributed by atoms with Crippen molar-refractivity contribution in [3.8, 4) is 0 Å². The van der Waals surface area contributed by atoms with Crippen molar-refractivity contribution in [2.24, 2.45) is 0 Å². The molecule has 0 spiro atoms. The number of quaternary nitrogens is 1. The quantitative estimate of drug-likeness (QED) is 0.0195. The van der Waals surface area contributed by atoms with Gasteiger partial charge in [-0.2, -0.15) is 0 Å². The molecule has 0 N–H and O–H groups in total. The number of carbonyl (C=O) groups is 3. The fourth-order valence-corrected chi connectivity index (χ4v) is 11.7. The Kier molecular flexibility index (Phi) is 72.9. The van der Waals surface area contributed by atoms with Crippen LogP contribution in [-0.2, 0) is 33.3 Å². The Morgan fingerprint density at radius 3 is 0.895 bits per heavy atom. The summed E-state index contributed by atoms with van der Waals surface area (Å²) in [6, 6.07) is 0. The number of nitrogens with zero attached hydrogens (tertiary/aromatic N) is 1. The smallest absolute Gasteiger partial charge is 0.306 e. The van der Waals surface area contributed by atoms with Crippen LogP contribution < -0.4 is 5.11 Å². The number of ether oxygens (including phenoxy) is 4. The summed E-state index contributed by atoms with van der Waals surface area (Å²) < 4.78 is 22.9. The molecule has 0 aromatic carbocycles. The van der Waals surface area contributed by atoms with E-state index in [0.29, 0.717) is 23.9 Å². The Morgan fingerprint density at radius 2 is 0.600 bits per heavy atom. The number of unbranched alkanes of at least 4 members (excludes halogenated alkanes) is 44. The third kappa shape index (κ3) is 77.4. The fourth-order valence-electron chi connectivity index (χ4n) is 11.7. The molecule has 0 aliphatic rings. The minimum absolute atomic E-state index is 0.147. The van der Waals surface area contributed by atoms with Gasteiger partial charge in [-0.15, -0.1) is 0 Å². The molecule has 0 aliphatic heterocycles. The Balaban J connectivity index is 4.00. The lowest BCUT2D eigenvalue weighted by molar-refractivity contribution is -0.870. The van der Waals surface area contributed by atoms with Crippen molar-refractivity contribution in [2.45, 2.75) is 386 Å². The van der Waals surface area contributed by atoms with Crippen molar-refractivity contribution >= 4 is 17.9 Å². The maximum Gasteiger partial charge on any atom is 0.306 e. The molecule has 0 rings (SSSR count). The highest BCUT2D eigenvalue weighted by atomic mass is 16.7. The summed E-state index contributed by atoms with van der Waals surface area (Å²) in [4.78, 5) is 37.6. The molecule has 0 amide bonds. The summed E-state index contributed by atoms with van der Waals surface area (Å²) in [5, 5.41) is 11.9. The van der Waals surface area contributed by atoms with Crippen molar-refractivity contribution in [1.29, 1.82) is 0 Å². The number of rotatable bonds is 75. The molecule has 0 aromatic rings. The number of esters is 2. The number of hydrogen-bond acceptors (Lipinski definition) is 8. The lowest BCUT2D eigenvalue weighted by Crippen LogP contribution is -2.44. The van der Waals surface area contributed by atoms with Crippen LogP contribution in [0.4, 0.5) is 0 Å². The lowest BCUT2D eigenvalue weighted by atomic mass is 10.0. The van der Waals surface area contributed by atoms with Crippen LogP contribution in [-0.4, -0.2) is 82.3 Å². The van der Waals surface area contributed by atoms with Gasteiger partial charge in [-0.25, -0.2) is 0 Å². The number of likely N-dealkylation sites (N-methyl/N-ethyl adjacent to an activating group) is 1. The first-order valence-electron chi connectivity index (χ1n) is 40.4. The van der Waals surface area contributed by atoms with Gasteiger partial charge in [0.15, 0.2) is 12.4 Å². The second-order valence-corrected chi connectivity index (χ2v) is 28.3. The van der Waals surface area contributed by atoms with Crippen molar-refractivity contribution in [3.63, 3.8) is 0 Å². The highest BCUT2D eigenvalue weighted by molar-refractivity contribution is 5.70. The number of allylic oxidation sites excluding steroid dienone is 16. The third-order valence-electron chi connectivity index (χ3n) is 17.8. The van der Waals surface area contributed by atoms with E-state index in [1.54, 1.807) is 0 Å². The van der Waals surface area contributed by atoms with E-state index in [1.165, 1.54) is 257 Å². The first kappa shape index (κ1) is 91.2. The molecular weight excluding hydrogens is 1170 g/mol. The normalized spacial score (nSPS) is 13.1. The van der Waals surface area contributed by atoms with Gasteiger partial charge in [0.2, 0.25) is 0 Å². The predicted molar refractivity (Wildman–Crippen MR) is 407 cm³/mol. The zero-order chi connectivity index (χ0) is 69.0. The molecule has 95 heavy (non-hydrogen) atoms. The zero-order valence-electron chi connectivity index (χ0n) is 63.0. The average molecular weight is 1330 g/mol. The molecule has 0 aliphatic carbocycles. The van der Waals surface area contributed by atoms with Crippen LogP contribution in [0.25, 0.3) is 0 Å². The van der Waals surface area contributed by atoms with E-state index in [9.17, 15) is 19.5 Å². The van der Waals surface area contributed by atoms with Crippen molar-refractivity contribution in [1.82, 2.24) is 0 Å². The van der Waals surface area contributed by atoms with Crippen LogP contribution in [0.1, 0.15) is 373 Å². The van der Waals surface area contributed by atoms with Gasteiger partial charge in [0.25, 0.3) is 0 Å². The van der Waals surface area contributed by atoms with Crippen LogP contribution in [0.2, 0.25) is 0 Å². The molecule has 2 unspecified atom stereocenters. The standard InChI is InChI=1S/C86H153NO8/c1-6-8-10-12-14-16-18-20-22-24-26-28-30-32-34-36-38-40-41-42-43-45-46-48-50-52-54-56-58-60-62-64-66-68-70-72-74-76-83(88)93-80-82(81-94-86(85(90)91)92-79-78-87(3,4)5)95-84(89)77-75-73-71-69-67-65-63-61-59-57-55-53-51-49-47-44-39-37-35-33-31-29-27-25-23-21-19-17-15-13-11-9-7-2/h9,11,15,17-18,20-21,23-24,26-27,29,33,35,39,44,82,86H,6-8,10,12-14,16,19,22,25,28,30-32,34,36-38,40-43,45-81H2,1-5H3/b11-9-,17-15-,20-18-,23-21-,26-24-,29-27-,35-33-,44-39-. The highest BCUT2D eigenvalue weighted by Gasteiger charge is 2.22. The van der Waals surface area contributed by atoms with E-state index in [4.69, 9.17) is 18.9 Å². The van der Waals surface area contributed by atoms with E-state index < -0.39 is 24.3 Å². The van der Waals surface area contributed by atoms with Gasteiger partial charge >= 0.3 is 11.9 Å². The van der Waals surface area contributed by atoms with Crippen molar-refractivity contribution in [2.75, 3.05) is 47.5 Å². The van der Waals surface area contributed by atoms with E-state index in [1.807, 2.05) is 21.1 Å². The highest BCUT2D eigenvalue weighted by Crippen LogP contribution is 2.19. The van der Waals surface area contributed by atoms with Gasteiger partial charge in [0, 0.05) is 12.8 Å². The number of carboxylic acids is 1. The molecule has 9 nitrogen and oxygen atoms in total. The molecule has 0 saturated heterocycles. The zero-order valence-corrected chi connectivity index (χ0v) is 63.0. The molecular formula is C86H153NO8. The van der Waals surface area contributed by atoms with Crippen molar-refractivity contribution in [3.05, 3.63) is 97.2 Å². The molecule has 0 bridgehead atoms. The molecule has 0 aromatic heterocycles. The molecule has 9 heteroatoms. The minimum Gasteiger partial charge on any atom is -0.545 e. The molecule has 0 radical (unpaired) electrons. The minimum atomic E-state index is -1.63. The maximum absolute atomic E-state index is 13.0. The van der Waals surface area contributed by atoms with Gasteiger partial charge in [-0.1, -0.05) is 361 Å². The van der Waals surface area contributed by atoms with Crippen molar-refractivity contribution < 1.29 is 42.9 Å². The number of aliphatic carboxylic acids is 1. The second kappa shape index (κ2) is 76.0. The van der Waals surface area contributed by atoms with Crippen LogP contribution in [0.15, 0.2) is 97.2 Å². The van der Waals surface area contributed by atoms with E-state index in [0.717, 1.165) is 83.5 Å². The predicted octanol–water partition coefficient (Wildman–Crippen LogP) is 24.6. The lowest BCUT2D eigenvalue weighted by Gasteiger charge is -2.26. The average Bonchev–Trinajstić information content (AvgIpc) is 3.75. The third-order valence-corrected chi connectivity index (χ3v) is 17.8. The Hall–Kier alpha value is -3.79. The Labute approximate surface area is 588 Å². The first-order chi connectivity index (χ1) is 46.6.